The van der Waals surface area contributed by atoms with E-state index in [4.69, 9.17) is 21.1 Å². The molecule has 0 atom stereocenters. The number of anilines is 2. The molecule has 0 saturated heterocycles. The Morgan fingerprint density at radius 1 is 1.00 bits per heavy atom. The molecule has 1 amide bonds. The molecule has 0 aliphatic carbocycles. The van der Waals surface area contributed by atoms with Crippen molar-refractivity contribution in [1.29, 1.82) is 0 Å². The first-order valence-corrected chi connectivity index (χ1v) is 10.6. The third-order valence-corrected chi connectivity index (χ3v) is 4.68. The molecular weight excluding hydrogens is 414 g/mol. The zero-order valence-electron chi connectivity index (χ0n) is 17.7. The minimum atomic E-state index is -0.252. The molecule has 0 spiro atoms. The van der Waals surface area contributed by atoms with Gasteiger partial charge in [-0.15, -0.1) is 0 Å². The fourth-order valence-electron chi connectivity index (χ4n) is 3.07. The Hall–Kier alpha value is -3.25. The van der Waals surface area contributed by atoms with Gasteiger partial charge >= 0.3 is 0 Å². The lowest BCUT2D eigenvalue weighted by molar-refractivity contribution is 0.102. The van der Waals surface area contributed by atoms with Crippen molar-refractivity contribution < 1.29 is 14.3 Å². The highest BCUT2D eigenvalue weighted by molar-refractivity contribution is 6.31. The molecule has 1 heterocycles. The Kier molecular flexibility index (Phi) is 8.12. The second kappa shape index (κ2) is 11.2. The first kappa shape index (κ1) is 22.4. The van der Waals surface area contributed by atoms with Gasteiger partial charge in [-0.1, -0.05) is 23.7 Å². The molecule has 0 aliphatic rings. The minimum absolute atomic E-state index is 0.252. The highest BCUT2D eigenvalue weighted by atomic mass is 35.5. The van der Waals surface area contributed by atoms with Gasteiger partial charge in [-0.2, -0.15) is 0 Å². The highest BCUT2D eigenvalue weighted by Crippen LogP contribution is 2.28. The molecule has 0 bridgehead atoms. The fraction of sp³-hybridized carbons (Fsp3) is 0.250. The largest absolute Gasteiger partial charge is 0.490 e. The zero-order chi connectivity index (χ0) is 22.1. The summed E-state index contributed by atoms with van der Waals surface area (Å²) in [4.78, 5) is 17.1. The maximum atomic E-state index is 12.7. The SMILES string of the molecule is CCOc1ccc(CCNc2ncccc2C(=O)Nc2cccc(Cl)c2)cc1OCC. The smallest absolute Gasteiger partial charge is 0.259 e. The van der Waals surface area contributed by atoms with E-state index < -0.39 is 0 Å². The van der Waals surface area contributed by atoms with Crippen LogP contribution in [0.25, 0.3) is 0 Å². The van der Waals surface area contributed by atoms with Gasteiger partial charge in [0.05, 0.1) is 18.8 Å². The summed E-state index contributed by atoms with van der Waals surface area (Å²) in [5, 5.41) is 6.67. The number of ether oxygens (including phenoxy) is 2. The number of amides is 1. The van der Waals surface area contributed by atoms with E-state index >= 15 is 0 Å². The standard InChI is InChI=1S/C24H26ClN3O3/c1-3-30-21-11-10-17(15-22(21)31-4-2)12-14-27-23-20(9-6-13-26-23)24(29)28-19-8-5-7-18(25)16-19/h5-11,13,15-16H,3-4,12,14H2,1-2H3,(H,26,27)(H,28,29). The minimum Gasteiger partial charge on any atom is -0.490 e. The van der Waals surface area contributed by atoms with Crippen LogP contribution in [-0.2, 0) is 6.42 Å². The van der Waals surface area contributed by atoms with Crippen LogP contribution in [0.2, 0.25) is 5.02 Å². The van der Waals surface area contributed by atoms with Gasteiger partial charge in [-0.3, -0.25) is 4.79 Å². The molecule has 3 aromatic rings. The number of halogens is 1. The molecule has 2 aromatic carbocycles. The first-order chi connectivity index (χ1) is 15.1. The van der Waals surface area contributed by atoms with Crippen molar-refractivity contribution in [2.75, 3.05) is 30.4 Å². The van der Waals surface area contributed by atoms with E-state index in [2.05, 4.69) is 15.6 Å². The lowest BCUT2D eigenvalue weighted by atomic mass is 10.1. The summed E-state index contributed by atoms with van der Waals surface area (Å²) in [7, 11) is 0. The van der Waals surface area contributed by atoms with Crippen molar-refractivity contribution in [3.05, 3.63) is 76.9 Å². The highest BCUT2D eigenvalue weighted by Gasteiger charge is 2.13. The Bertz CT molecular complexity index is 1030. The average Bonchev–Trinajstić information content (AvgIpc) is 2.76. The lowest BCUT2D eigenvalue weighted by Crippen LogP contribution is -2.16. The van der Waals surface area contributed by atoms with E-state index in [1.807, 2.05) is 32.0 Å². The van der Waals surface area contributed by atoms with Gasteiger partial charge < -0.3 is 20.1 Å². The van der Waals surface area contributed by atoms with Gasteiger partial charge in [0.1, 0.15) is 5.82 Å². The third kappa shape index (κ3) is 6.36. The number of nitrogens with one attached hydrogen (secondary N) is 2. The Morgan fingerprint density at radius 2 is 1.81 bits per heavy atom. The van der Waals surface area contributed by atoms with Crippen molar-refractivity contribution in [1.82, 2.24) is 4.98 Å². The van der Waals surface area contributed by atoms with Gasteiger partial charge in [0.15, 0.2) is 11.5 Å². The van der Waals surface area contributed by atoms with Gasteiger partial charge in [0, 0.05) is 23.5 Å². The molecular formula is C24H26ClN3O3. The normalized spacial score (nSPS) is 10.4. The van der Waals surface area contributed by atoms with E-state index in [-0.39, 0.29) is 5.91 Å². The van der Waals surface area contributed by atoms with Crippen LogP contribution in [0.15, 0.2) is 60.8 Å². The summed E-state index contributed by atoms with van der Waals surface area (Å²) in [6, 6.07) is 16.4. The molecule has 31 heavy (non-hydrogen) atoms. The third-order valence-electron chi connectivity index (χ3n) is 4.45. The molecule has 1 aromatic heterocycles. The van der Waals surface area contributed by atoms with Gasteiger partial charge in [-0.05, 0) is 68.3 Å². The molecule has 2 N–H and O–H groups in total. The van der Waals surface area contributed by atoms with Crippen LogP contribution < -0.4 is 20.1 Å². The van der Waals surface area contributed by atoms with Crippen molar-refractivity contribution in [2.24, 2.45) is 0 Å². The van der Waals surface area contributed by atoms with Crippen molar-refractivity contribution in [3.63, 3.8) is 0 Å². The summed E-state index contributed by atoms with van der Waals surface area (Å²) in [6.07, 6.45) is 2.39. The number of hydrogen-bond donors (Lipinski definition) is 2. The number of hydrogen-bond acceptors (Lipinski definition) is 5. The zero-order valence-corrected chi connectivity index (χ0v) is 18.4. The summed E-state index contributed by atoms with van der Waals surface area (Å²) >= 11 is 6.00. The van der Waals surface area contributed by atoms with Crippen LogP contribution in [-0.4, -0.2) is 30.6 Å². The second-order valence-electron chi connectivity index (χ2n) is 6.69. The van der Waals surface area contributed by atoms with Gasteiger partial charge in [-0.25, -0.2) is 4.98 Å². The van der Waals surface area contributed by atoms with Crippen LogP contribution in [0, 0.1) is 0 Å². The topological polar surface area (TPSA) is 72.5 Å². The second-order valence-corrected chi connectivity index (χ2v) is 7.12. The molecule has 6 nitrogen and oxygen atoms in total. The predicted molar refractivity (Wildman–Crippen MR) is 125 cm³/mol. The van der Waals surface area contributed by atoms with Crippen molar-refractivity contribution >= 4 is 29.0 Å². The summed E-state index contributed by atoms with van der Waals surface area (Å²) in [5.41, 5.74) is 2.19. The number of rotatable bonds is 10. The van der Waals surface area contributed by atoms with Crippen LogP contribution in [0.1, 0.15) is 29.8 Å². The van der Waals surface area contributed by atoms with E-state index in [1.54, 1.807) is 42.6 Å². The average molecular weight is 440 g/mol. The van der Waals surface area contributed by atoms with Crippen LogP contribution in [0.3, 0.4) is 0 Å². The number of carbonyl (C=O) groups excluding carboxylic acids is 1. The maximum absolute atomic E-state index is 12.7. The molecule has 0 unspecified atom stereocenters. The molecule has 0 fully saturated rings. The molecule has 0 aliphatic heterocycles. The first-order valence-electron chi connectivity index (χ1n) is 10.2. The Morgan fingerprint density at radius 3 is 2.58 bits per heavy atom. The Balaban J connectivity index is 1.65. The van der Waals surface area contributed by atoms with Crippen LogP contribution >= 0.6 is 11.6 Å². The van der Waals surface area contributed by atoms with Gasteiger partial charge in [0.25, 0.3) is 5.91 Å². The molecule has 0 radical (unpaired) electrons. The monoisotopic (exact) mass is 439 g/mol. The molecule has 162 valence electrons. The summed E-state index contributed by atoms with van der Waals surface area (Å²) in [5.74, 6) is 1.75. The number of pyridine rings is 1. The number of aromatic nitrogens is 1. The van der Waals surface area contributed by atoms with Crippen LogP contribution in [0.4, 0.5) is 11.5 Å². The van der Waals surface area contributed by atoms with E-state index in [1.165, 1.54) is 0 Å². The fourth-order valence-corrected chi connectivity index (χ4v) is 3.26. The summed E-state index contributed by atoms with van der Waals surface area (Å²) in [6.45, 7) is 5.65. The number of benzene rings is 2. The predicted octanol–water partition coefficient (Wildman–Crippen LogP) is 5.44. The van der Waals surface area contributed by atoms with E-state index in [0.717, 1.165) is 23.5 Å². The van der Waals surface area contributed by atoms with Crippen molar-refractivity contribution in [3.8, 4) is 11.5 Å². The molecule has 7 heteroatoms. The number of nitrogens with zero attached hydrogens (tertiary/aromatic N) is 1. The number of carbonyl (C=O) groups is 1. The molecule has 0 saturated carbocycles. The van der Waals surface area contributed by atoms with E-state index in [0.29, 0.717) is 41.8 Å². The van der Waals surface area contributed by atoms with Crippen LogP contribution in [0.5, 0.6) is 11.5 Å². The Labute approximate surface area is 187 Å². The van der Waals surface area contributed by atoms with Gasteiger partial charge in [0.2, 0.25) is 0 Å². The lowest BCUT2D eigenvalue weighted by Gasteiger charge is -2.14. The summed E-state index contributed by atoms with van der Waals surface area (Å²) < 4.78 is 11.3. The molecule has 3 rings (SSSR count). The van der Waals surface area contributed by atoms with E-state index in [9.17, 15) is 4.79 Å². The maximum Gasteiger partial charge on any atom is 0.259 e. The quantitative estimate of drug-likeness (QED) is 0.440. The van der Waals surface area contributed by atoms with Crippen molar-refractivity contribution in [2.45, 2.75) is 20.3 Å².